The molecule has 0 spiro atoms. The number of anilines is 1. The number of hydrogen-bond donors (Lipinski definition) is 1. The summed E-state index contributed by atoms with van der Waals surface area (Å²) in [7, 11) is 0. The van der Waals surface area contributed by atoms with Crippen LogP contribution in [0.25, 0.3) is 22.4 Å². The largest absolute Gasteiger partial charge is 0.493 e. The minimum atomic E-state index is -0.278. The second kappa shape index (κ2) is 10.9. The van der Waals surface area contributed by atoms with Crippen molar-refractivity contribution in [1.29, 1.82) is 5.26 Å². The third-order valence-electron chi connectivity index (χ3n) is 6.30. The summed E-state index contributed by atoms with van der Waals surface area (Å²) in [4.78, 5) is 30.2. The van der Waals surface area contributed by atoms with E-state index in [2.05, 4.69) is 16.4 Å². The number of pyridine rings is 1. The van der Waals surface area contributed by atoms with Crippen molar-refractivity contribution < 1.29 is 14.3 Å². The standard InChI is InChI=1S/C31H25N3O3/c32-15-13-21-5-4-8-23(17-21)26-19-27(22-6-2-1-3-7-22)33-30(20-26)34-31(36)12-10-28(35)24-9-11-29-25(18-24)14-16-37-29/h1-9,11,17-20H,10,12-14,16H2,(H,33,34,36). The number of amides is 1. The van der Waals surface area contributed by atoms with Gasteiger partial charge in [0, 0.05) is 30.4 Å². The Hall–Kier alpha value is -4.76. The molecule has 0 saturated heterocycles. The number of aromatic nitrogens is 1. The molecule has 1 aliphatic rings. The fourth-order valence-electron chi connectivity index (χ4n) is 4.41. The maximum absolute atomic E-state index is 12.8. The van der Waals surface area contributed by atoms with Crippen LogP contribution in [0.2, 0.25) is 0 Å². The third kappa shape index (κ3) is 5.74. The molecule has 1 aliphatic heterocycles. The lowest BCUT2D eigenvalue weighted by Gasteiger charge is -2.11. The van der Waals surface area contributed by atoms with E-state index in [1.165, 1.54) is 0 Å². The molecule has 182 valence electrons. The molecular weight excluding hydrogens is 462 g/mol. The van der Waals surface area contributed by atoms with Crippen LogP contribution in [0.15, 0.2) is 84.9 Å². The highest BCUT2D eigenvalue weighted by molar-refractivity contribution is 6.00. The molecule has 2 heterocycles. The number of nitrogens with one attached hydrogen (secondary N) is 1. The van der Waals surface area contributed by atoms with Gasteiger partial charge in [-0.05, 0) is 52.6 Å². The Labute approximate surface area is 215 Å². The van der Waals surface area contributed by atoms with Gasteiger partial charge in [-0.1, -0.05) is 54.6 Å². The van der Waals surface area contributed by atoms with E-state index in [1.807, 2.05) is 78.9 Å². The first-order chi connectivity index (χ1) is 18.1. The molecule has 0 aliphatic carbocycles. The zero-order valence-corrected chi connectivity index (χ0v) is 20.2. The van der Waals surface area contributed by atoms with Crippen molar-refractivity contribution in [3.63, 3.8) is 0 Å². The molecule has 0 radical (unpaired) electrons. The van der Waals surface area contributed by atoms with Gasteiger partial charge < -0.3 is 10.1 Å². The normalized spacial score (nSPS) is 11.8. The number of nitriles is 1. The van der Waals surface area contributed by atoms with E-state index in [9.17, 15) is 9.59 Å². The average Bonchev–Trinajstić information content (AvgIpc) is 3.40. The van der Waals surface area contributed by atoms with E-state index >= 15 is 0 Å². The molecule has 6 nitrogen and oxygen atoms in total. The summed E-state index contributed by atoms with van der Waals surface area (Å²) in [5, 5.41) is 12.0. The van der Waals surface area contributed by atoms with Gasteiger partial charge in [0.2, 0.25) is 5.91 Å². The fraction of sp³-hybridized carbons (Fsp3) is 0.161. The molecule has 0 saturated carbocycles. The number of nitrogens with zero attached hydrogens (tertiary/aromatic N) is 2. The number of carbonyl (C=O) groups excluding carboxylic acids is 2. The van der Waals surface area contributed by atoms with Gasteiger partial charge in [-0.2, -0.15) is 5.26 Å². The third-order valence-corrected chi connectivity index (χ3v) is 6.30. The Kier molecular flexibility index (Phi) is 7.05. The van der Waals surface area contributed by atoms with Crippen molar-refractivity contribution in [2.75, 3.05) is 11.9 Å². The van der Waals surface area contributed by atoms with Crippen LogP contribution in [0.4, 0.5) is 5.82 Å². The molecule has 37 heavy (non-hydrogen) atoms. The number of Topliss-reactive ketones (excluding diaryl/α,β-unsaturated/α-hetero) is 1. The van der Waals surface area contributed by atoms with Gasteiger partial charge in [-0.25, -0.2) is 4.98 Å². The number of benzene rings is 3. The van der Waals surface area contributed by atoms with Gasteiger partial charge in [0.05, 0.1) is 24.8 Å². The zero-order valence-electron chi connectivity index (χ0n) is 20.2. The van der Waals surface area contributed by atoms with Crippen molar-refractivity contribution in [2.45, 2.75) is 25.7 Å². The summed E-state index contributed by atoms with van der Waals surface area (Å²) in [6.07, 6.45) is 1.27. The summed E-state index contributed by atoms with van der Waals surface area (Å²) >= 11 is 0. The minimum Gasteiger partial charge on any atom is -0.493 e. The molecule has 0 fully saturated rings. The van der Waals surface area contributed by atoms with E-state index in [0.29, 0.717) is 24.4 Å². The Morgan fingerprint density at radius 3 is 2.57 bits per heavy atom. The molecule has 4 aromatic rings. The zero-order chi connectivity index (χ0) is 25.6. The first-order valence-electron chi connectivity index (χ1n) is 12.2. The number of hydrogen-bond acceptors (Lipinski definition) is 5. The number of ether oxygens (including phenoxy) is 1. The molecule has 0 unspecified atom stereocenters. The molecule has 1 amide bonds. The topological polar surface area (TPSA) is 92.1 Å². The van der Waals surface area contributed by atoms with Crippen molar-refractivity contribution in [1.82, 2.24) is 4.98 Å². The van der Waals surface area contributed by atoms with Crippen LogP contribution in [-0.4, -0.2) is 23.3 Å². The van der Waals surface area contributed by atoms with Crippen LogP contribution in [-0.2, 0) is 17.6 Å². The van der Waals surface area contributed by atoms with Crippen molar-refractivity contribution in [3.8, 4) is 34.2 Å². The molecule has 1 N–H and O–H groups in total. The van der Waals surface area contributed by atoms with Gasteiger partial charge in [0.1, 0.15) is 11.6 Å². The number of ketones is 1. The molecular formula is C31H25N3O3. The summed E-state index contributed by atoms with van der Waals surface area (Å²) < 4.78 is 5.50. The quantitative estimate of drug-likeness (QED) is 0.307. The molecule has 3 aromatic carbocycles. The monoisotopic (exact) mass is 487 g/mol. The van der Waals surface area contributed by atoms with Crippen LogP contribution in [0, 0.1) is 11.3 Å². The molecule has 1 aromatic heterocycles. The van der Waals surface area contributed by atoms with Gasteiger partial charge in [0.15, 0.2) is 5.78 Å². The lowest BCUT2D eigenvalue weighted by Crippen LogP contribution is -2.14. The highest BCUT2D eigenvalue weighted by Crippen LogP contribution is 2.29. The second-order valence-electron chi connectivity index (χ2n) is 8.92. The maximum Gasteiger partial charge on any atom is 0.225 e. The van der Waals surface area contributed by atoms with E-state index in [1.54, 1.807) is 6.07 Å². The lowest BCUT2D eigenvalue weighted by atomic mass is 10.0. The van der Waals surface area contributed by atoms with E-state index in [0.717, 1.165) is 45.7 Å². The number of carbonyl (C=O) groups is 2. The van der Waals surface area contributed by atoms with Crippen LogP contribution < -0.4 is 10.1 Å². The number of rotatable bonds is 8. The second-order valence-corrected chi connectivity index (χ2v) is 8.92. The maximum atomic E-state index is 12.8. The Morgan fingerprint density at radius 1 is 0.892 bits per heavy atom. The average molecular weight is 488 g/mol. The van der Waals surface area contributed by atoms with Crippen molar-refractivity contribution in [2.24, 2.45) is 0 Å². The first-order valence-corrected chi connectivity index (χ1v) is 12.2. The van der Waals surface area contributed by atoms with Crippen molar-refractivity contribution >= 4 is 17.5 Å². The first kappa shape index (κ1) is 24.0. The van der Waals surface area contributed by atoms with Crippen molar-refractivity contribution in [3.05, 3.63) is 102 Å². The fourth-order valence-corrected chi connectivity index (χ4v) is 4.41. The Bertz CT molecular complexity index is 1510. The molecule has 0 bridgehead atoms. The number of fused-ring (bicyclic) bond motifs is 1. The molecule has 0 atom stereocenters. The van der Waals surface area contributed by atoms with Crippen LogP contribution >= 0.6 is 0 Å². The predicted molar refractivity (Wildman–Crippen MR) is 142 cm³/mol. The Balaban J connectivity index is 1.35. The van der Waals surface area contributed by atoms with Crippen LogP contribution in [0.3, 0.4) is 0 Å². The van der Waals surface area contributed by atoms with E-state index in [4.69, 9.17) is 10.00 Å². The van der Waals surface area contributed by atoms with Gasteiger partial charge in [-0.15, -0.1) is 0 Å². The smallest absolute Gasteiger partial charge is 0.225 e. The predicted octanol–water partition coefficient (Wildman–Crippen LogP) is 6.02. The summed E-state index contributed by atoms with van der Waals surface area (Å²) in [5.41, 5.74) is 5.99. The van der Waals surface area contributed by atoms with E-state index < -0.39 is 0 Å². The summed E-state index contributed by atoms with van der Waals surface area (Å²) in [5.74, 6) is 0.882. The van der Waals surface area contributed by atoms with E-state index in [-0.39, 0.29) is 24.5 Å². The van der Waals surface area contributed by atoms with Gasteiger partial charge >= 0.3 is 0 Å². The summed E-state index contributed by atoms with van der Waals surface area (Å²) in [6, 6.07) is 28.9. The Morgan fingerprint density at radius 2 is 1.73 bits per heavy atom. The van der Waals surface area contributed by atoms with Gasteiger partial charge in [-0.3, -0.25) is 9.59 Å². The SMILES string of the molecule is N#CCc1cccc(-c2cc(NC(=O)CCC(=O)c3ccc4c(c3)CCO4)nc(-c3ccccc3)c2)c1. The highest BCUT2D eigenvalue weighted by atomic mass is 16.5. The molecule has 6 heteroatoms. The summed E-state index contributed by atoms with van der Waals surface area (Å²) in [6.45, 7) is 0.634. The minimum absolute atomic E-state index is 0.0522. The molecule has 5 rings (SSSR count). The van der Waals surface area contributed by atoms with Gasteiger partial charge in [0.25, 0.3) is 0 Å². The van der Waals surface area contributed by atoms with Crippen LogP contribution in [0.1, 0.15) is 34.3 Å². The highest BCUT2D eigenvalue weighted by Gasteiger charge is 2.16. The lowest BCUT2D eigenvalue weighted by molar-refractivity contribution is -0.116. The van der Waals surface area contributed by atoms with Crippen LogP contribution in [0.5, 0.6) is 5.75 Å².